The molecule has 0 radical (unpaired) electrons. The second-order valence-electron chi connectivity index (χ2n) is 7.15. The van der Waals surface area contributed by atoms with Gasteiger partial charge in [0.2, 0.25) is 5.96 Å². The molecule has 1 saturated heterocycles. The number of aliphatic imine (C=N–C) groups is 1. The van der Waals surface area contributed by atoms with Gasteiger partial charge in [-0.1, -0.05) is 18.2 Å². The molecule has 3 heterocycles. The first-order valence-electron chi connectivity index (χ1n) is 8.96. The normalized spacial score (nSPS) is 24.1. The lowest BCUT2D eigenvalue weighted by atomic mass is 10.1. The zero-order valence-electron chi connectivity index (χ0n) is 16.0. The maximum absolute atomic E-state index is 13.0. The van der Waals surface area contributed by atoms with Crippen molar-refractivity contribution in [3.63, 3.8) is 0 Å². The Labute approximate surface area is 158 Å². The number of likely N-dealkylation sites (N-methyl/N-ethyl adjacent to an activating group) is 1. The summed E-state index contributed by atoms with van der Waals surface area (Å²) >= 11 is 0. The third kappa shape index (κ3) is 2.31. The number of hydrogen-bond acceptors (Lipinski definition) is 5. The molecular formula is C20H23N5O2. The molecule has 3 amide bonds. The van der Waals surface area contributed by atoms with Crippen LogP contribution in [0, 0.1) is 13.8 Å². The average Bonchev–Trinajstić information content (AvgIpc) is 3.14. The van der Waals surface area contributed by atoms with Gasteiger partial charge in [0.1, 0.15) is 0 Å². The Morgan fingerprint density at radius 3 is 2.67 bits per heavy atom. The number of benzene rings is 1. The largest absolute Gasteiger partial charge is 0.328 e. The molecule has 0 saturated carbocycles. The van der Waals surface area contributed by atoms with E-state index in [2.05, 4.69) is 31.4 Å². The van der Waals surface area contributed by atoms with Crippen LogP contribution in [0.5, 0.6) is 0 Å². The topological polar surface area (TPSA) is 59.5 Å². The van der Waals surface area contributed by atoms with Crippen molar-refractivity contribution in [3.05, 3.63) is 53.9 Å². The molecule has 0 spiro atoms. The average molecular weight is 365 g/mol. The van der Waals surface area contributed by atoms with Crippen LogP contribution in [0.25, 0.3) is 0 Å². The van der Waals surface area contributed by atoms with Crippen LogP contribution in [0.3, 0.4) is 0 Å². The number of carbonyl (C=O) groups excluding carboxylic acids is 2. The fourth-order valence-corrected chi connectivity index (χ4v) is 3.93. The number of fused-ring (bicyclic) bond motifs is 3. The van der Waals surface area contributed by atoms with E-state index in [1.807, 2.05) is 30.2 Å². The SMILES string of the molecule is C=CCN1C(=O)C2C(N=C3N(c4cccc(C)c4C)C(C)=CN32)N(C)C1=O. The van der Waals surface area contributed by atoms with Gasteiger partial charge < -0.3 is 9.80 Å². The highest BCUT2D eigenvalue weighted by atomic mass is 16.2. The smallest absolute Gasteiger partial charge is 0.302 e. The zero-order chi connectivity index (χ0) is 19.5. The number of allylic oxidation sites excluding steroid dienone is 1. The number of nitrogens with zero attached hydrogens (tertiary/aromatic N) is 5. The van der Waals surface area contributed by atoms with E-state index < -0.39 is 12.2 Å². The molecule has 2 atom stereocenters. The van der Waals surface area contributed by atoms with Crippen molar-refractivity contribution in [2.24, 2.45) is 4.99 Å². The number of carbonyl (C=O) groups is 2. The first kappa shape index (κ1) is 17.3. The van der Waals surface area contributed by atoms with E-state index in [-0.39, 0.29) is 18.5 Å². The van der Waals surface area contributed by atoms with Crippen LogP contribution in [0.15, 0.2) is 47.7 Å². The summed E-state index contributed by atoms with van der Waals surface area (Å²) in [5.41, 5.74) is 4.38. The number of imide groups is 1. The lowest BCUT2D eigenvalue weighted by Crippen LogP contribution is -2.64. The van der Waals surface area contributed by atoms with Gasteiger partial charge in [-0.3, -0.25) is 14.6 Å². The van der Waals surface area contributed by atoms with Crippen LogP contribution >= 0.6 is 0 Å². The molecule has 4 rings (SSSR count). The molecule has 1 aromatic carbocycles. The Bertz CT molecular complexity index is 919. The van der Waals surface area contributed by atoms with Crippen LogP contribution < -0.4 is 4.90 Å². The molecule has 0 bridgehead atoms. The Balaban J connectivity index is 1.77. The third-order valence-corrected chi connectivity index (χ3v) is 5.52. The molecule has 0 N–H and O–H groups in total. The van der Waals surface area contributed by atoms with Gasteiger partial charge in [0, 0.05) is 25.5 Å². The molecule has 27 heavy (non-hydrogen) atoms. The van der Waals surface area contributed by atoms with Gasteiger partial charge in [-0.05, 0) is 38.0 Å². The Kier molecular flexibility index (Phi) is 3.83. The number of amides is 3. The number of hydrogen-bond donors (Lipinski definition) is 0. The monoisotopic (exact) mass is 365 g/mol. The Hall–Kier alpha value is -3.09. The van der Waals surface area contributed by atoms with Crippen molar-refractivity contribution in [1.29, 1.82) is 0 Å². The quantitative estimate of drug-likeness (QED) is 0.772. The van der Waals surface area contributed by atoms with Crippen molar-refractivity contribution in [2.75, 3.05) is 18.5 Å². The second-order valence-corrected chi connectivity index (χ2v) is 7.15. The van der Waals surface area contributed by atoms with E-state index in [4.69, 9.17) is 4.99 Å². The van der Waals surface area contributed by atoms with E-state index >= 15 is 0 Å². The predicted octanol–water partition coefficient (Wildman–Crippen LogP) is 2.43. The standard InChI is InChI=1S/C20H23N5O2/c1-6-10-23-18(26)16-17(22(5)20(23)27)21-19-24(16)11-13(3)25(19)15-9-7-8-12(2)14(15)4/h6-9,11,16-17H,1,10H2,2-5H3. The molecule has 7 heteroatoms. The summed E-state index contributed by atoms with van der Waals surface area (Å²) in [5.74, 6) is 0.443. The summed E-state index contributed by atoms with van der Waals surface area (Å²) in [7, 11) is 1.69. The molecule has 140 valence electrons. The second kappa shape index (κ2) is 5.97. The molecule has 3 aliphatic rings. The zero-order valence-corrected chi connectivity index (χ0v) is 16.0. The van der Waals surface area contributed by atoms with E-state index in [1.165, 1.54) is 15.4 Å². The van der Waals surface area contributed by atoms with Crippen LogP contribution in [0.2, 0.25) is 0 Å². The van der Waals surface area contributed by atoms with Crippen molar-refractivity contribution in [3.8, 4) is 0 Å². The van der Waals surface area contributed by atoms with E-state index in [9.17, 15) is 9.59 Å². The molecule has 2 unspecified atom stereocenters. The van der Waals surface area contributed by atoms with Gasteiger partial charge >= 0.3 is 6.03 Å². The summed E-state index contributed by atoms with van der Waals surface area (Å²) in [6.45, 7) is 10.0. The lowest BCUT2D eigenvalue weighted by molar-refractivity contribution is -0.136. The fourth-order valence-electron chi connectivity index (χ4n) is 3.93. The highest BCUT2D eigenvalue weighted by Crippen LogP contribution is 2.37. The predicted molar refractivity (Wildman–Crippen MR) is 104 cm³/mol. The van der Waals surface area contributed by atoms with Crippen LogP contribution in [-0.4, -0.2) is 58.4 Å². The maximum atomic E-state index is 13.0. The molecule has 7 nitrogen and oxygen atoms in total. The molecular weight excluding hydrogens is 342 g/mol. The molecule has 0 aromatic heterocycles. The molecule has 1 fully saturated rings. The minimum Gasteiger partial charge on any atom is -0.302 e. The lowest BCUT2D eigenvalue weighted by Gasteiger charge is -2.39. The number of aryl methyl sites for hydroxylation is 1. The van der Waals surface area contributed by atoms with E-state index in [1.54, 1.807) is 13.1 Å². The first-order chi connectivity index (χ1) is 12.9. The number of rotatable bonds is 3. The number of anilines is 1. The third-order valence-electron chi connectivity index (χ3n) is 5.52. The van der Waals surface area contributed by atoms with Gasteiger partial charge in [-0.2, -0.15) is 0 Å². The van der Waals surface area contributed by atoms with Crippen LogP contribution in [0.4, 0.5) is 10.5 Å². The van der Waals surface area contributed by atoms with Crippen LogP contribution in [-0.2, 0) is 4.79 Å². The summed E-state index contributed by atoms with van der Waals surface area (Å²) in [5, 5.41) is 0. The Morgan fingerprint density at radius 1 is 1.22 bits per heavy atom. The highest BCUT2D eigenvalue weighted by Gasteiger charge is 2.54. The van der Waals surface area contributed by atoms with Gasteiger partial charge in [-0.15, -0.1) is 6.58 Å². The maximum Gasteiger partial charge on any atom is 0.328 e. The summed E-state index contributed by atoms with van der Waals surface area (Å²) < 4.78 is 0. The van der Waals surface area contributed by atoms with E-state index in [0.717, 1.165) is 16.9 Å². The fraction of sp³-hybridized carbons (Fsp3) is 0.350. The van der Waals surface area contributed by atoms with Crippen molar-refractivity contribution in [2.45, 2.75) is 33.0 Å². The molecule has 1 aromatic rings. The first-order valence-corrected chi connectivity index (χ1v) is 8.96. The molecule has 0 aliphatic carbocycles. The summed E-state index contributed by atoms with van der Waals surface area (Å²) in [4.78, 5) is 37.1. The van der Waals surface area contributed by atoms with Gasteiger partial charge in [0.25, 0.3) is 5.91 Å². The van der Waals surface area contributed by atoms with Crippen molar-refractivity contribution in [1.82, 2.24) is 14.7 Å². The van der Waals surface area contributed by atoms with E-state index in [0.29, 0.717) is 5.96 Å². The van der Waals surface area contributed by atoms with Crippen LogP contribution in [0.1, 0.15) is 18.1 Å². The van der Waals surface area contributed by atoms with Gasteiger partial charge in [0.15, 0.2) is 12.2 Å². The minimum absolute atomic E-state index is 0.192. The highest BCUT2D eigenvalue weighted by molar-refractivity contribution is 6.10. The van der Waals surface area contributed by atoms with Gasteiger partial charge in [-0.25, -0.2) is 9.79 Å². The summed E-state index contributed by atoms with van der Waals surface area (Å²) in [6, 6.07) is 5.25. The number of guanidine groups is 1. The summed E-state index contributed by atoms with van der Waals surface area (Å²) in [6.07, 6.45) is 2.98. The van der Waals surface area contributed by atoms with Gasteiger partial charge in [0.05, 0.1) is 5.69 Å². The van der Waals surface area contributed by atoms with Crippen molar-refractivity contribution >= 4 is 23.6 Å². The van der Waals surface area contributed by atoms with Crippen molar-refractivity contribution < 1.29 is 9.59 Å². The minimum atomic E-state index is -0.548. The Morgan fingerprint density at radius 2 is 1.96 bits per heavy atom. The molecule has 3 aliphatic heterocycles. The number of urea groups is 1.